The van der Waals surface area contributed by atoms with Gasteiger partial charge in [-0.15, -0.1) is 0 Å². The first-order valence-electron chi connectivity index (χ1n) is 9.40. The van der Waals surface area contributed by atoms with Crippen molar-refractivity contribution in [2.45, 2.75) is 95.5 Å². The van der Waals surface area contributed by atoms with Crippen LogP contribution in [-0.2, 0) is 4.74 Å². The number of carbonyl (C=O) groups is 1. The molecule has 3 saturated heterocycles. The second-order valence-electron chi connectivity index (χ2n) is 8.49. The van der Waals surface area contributed by atoms with Crippen LogP contribution < -0.4 is 10.6 Å². The molecule has 3 aliphatic rings. The Labute approximate surface area is 140 Å². The highest BCUT2D eigenvalue weighted by Gasteiger charge is 2.45. The fourth-order valence-corrected chi connectivity index (χ4v) is 4.44. The molecule has 3 atom stereocenters. The van der Waals surface area contributed by atoms with E-state index in [4.69, 9.17) is 4.74 Å². The normalized spacial score (nSPS) is 35.0. The summed E-state index contributed by atoms with van der Waals surface area (Å²) in [6.07, 6.45) is 8.08. The molecule has 23 heavy (non-hydrogen) atoms. The first-order chi connectivity index (χ1) is 10.9. The third-order valence-corrected chi connectivity index (χ3v) is 5.38. The van der Waals surface area contributed by atoms with Gasteiger partial charge in [0.15, 0.2) is 0 Å². The van der Waals surface area contributed by atoms with Crippen molar-refractivity contribution < 1.29 is 9.53 Å². The number of rotatable bonds is 2. The van der Waals surface area contributed by atoms with Crippen molar-refractivity contribution >= 4 is 6.09 Å². The Bertz CT molecular complexity index is 399. The second-order valence-corrected chi connectivity index (χ2v) is 8.49. The predicted octanol–water partition coefficient (Wildman–Crippen LogP) is 2.65. The van der Waals surface area contributed by atoms with Gasteiger partial charge in [-0.05, 0) is 78.8 Å². The highest BCUT2D eigenvalue weighted by molar-refractivity contribution is 5.69. The summed E-state index contributed by atoms with van der Waals surface area (Å²) in [5.41, 5.74) is -0.404. The average Bonchev–Trinajstić information content (AvgIpc) is 2.65. The summed E-state index contributed by atoms with van der Waals surface area (Å²) in [7, 11) is 0. The largest absolute Gasteiger partial charge is 0.444 e. The first kappa shape index (κ1) is 17.0. The molecule has 0 radical (unpaired) electrons. The van der Waals surface area contributed by atoms with Crippen LogP contribution in [0.4, 0.5) is 4.79 Å². The van der Waals surface area contributed by atoms with Crippen LogP contribution in [0.1, 0.15) is 65.7 Å². The number of hydrogen-bond donors (Lipinski definition) is 2. The summed E-state index contributed by atoms with van der Waals surface area (Å²) < 4.78 is 5.62. The summed E-state index contributed by atoms with van der Waals surface area (Å²) >= 11 is 0. The smallest absolute Gasteiger partial charge is 0.410 e. The molecule has 2 N–H and O–H groups in total. The summed E-state index contributed by atoms with van der Waals surface area (Å²) in [6, 6.07) is 1.94. The van der Waals surface area contributed by atoms with Crippen LogP contribution in [0.2, 0.25) is 0 Å². The van der Waals surface area contributed by atoms with Crippen LogP contribution in [-0.4, -0.2) is 53.9 Å². The highest BCUT2D eigenvalue weighted by atomic mass is 16.6. The Morgan fingerprint density at radius 3 is 2.39 bits per heavy atom. The van der Waals surface area contributed by atoms with Gasteiger partial charge in [-0.2, -0.15) is 0 Å². The van der Waals surface area contributed by atoms with Crippen molar-refractivity contribution in [2.24, 2.45) is 0 Å². The van der Waals surface area contributed by atoms with Crippen molar-refractivity contribution in [1.82, 2.24) is 15.5 Å². The zero-order valence-electron chi connectivity index (χ0n) is 14.9. The molecular weight excluding hydrogens is 290 g/mol. The lowest BCUT2D eigenvalue weighted by Crippen LogP contribution is -2.54. The van der Waals surface area contributed by atoms with Gasteiger partial charge in [-0.1, -0.05) is 0 Å². The van der Waals surface area contributed by atoms with Gasteiger partial charge in [-0.3, -0.25) is 0 Å². The van der Waals surface area contributed by atoms with E-state index >= 15 is 0 Å². The van der Waals surface area contributed by atoms with E-state index in [-0.39, 0.29) is 6.09 Å². The topological polar surface area (TPSA) is 53.6 Å². The van der Waals surface area contributed by atoms with Crippen molar-refractivity contribution in [1.29, 1.82) is 0 Å². The lowest BCUT2D eigenvalue weighted by atomic mass is 9.96. The third kappa shape index (κ3) is 4.38. The number of amides is 1. The van der Waals surface area contributed by atoms with Crippen LogP contribution in [0.25, 0.3) is 0 Å². The number of nitrogens with one attached hydrogen (secondary N) is 2. The Kier molecular flexibility index (Phi) is 5.16. The molecule has 2 bridgehead atoms. The van der Waals surface area contributed by atoms with Gasteiger partial charge in [-0.25, -0.2) is 4.79 Å². The fourth-order valence-electron chi connectivity index (χ4n) is 4.44. The van der Waals surface area contributed by atoms with E-state index in [9.17, 15) is 4.79 Å². The highest BCUT2D eigenvalue weighted by Crippen LogP contribution is 2.37. The number of carbonyl (C=O) groups excluding carboxylic acids is 1. The number of nitrogens with zero attached hydrogens (tertiary/aromatic N) is 1. The minimum absolute atomic E-state index is 0.109. The molecule has 1 amide bonds. The van der Waals surface area contributed by atoms with Crippen molar-refractivity contribution in [3.05, 3.63) is 0 Å². The summed E-state index contributed by atoms with van der Waals surface area (Å²) in [5.74, 6) is 0. The number of piperidine rings is 1. The number of hydrogen-bond acceptors (Lipinski definition) is 4. The Morgan fingerprint density at radius 2 is 1.74 bits per heavy atom. The fraction of sp³-hybridized carbons (Fsp3) is 0.944. The van der Waals surface area contributed by atoms with Gasteiger partial charge in [0.05, 0.1) is 0 Å². The molecule has 3 rings (SSSR count). The molecule has 132 valence electrons. The second kappa shape index (κ2) is 6.98. The average molecular weight is 323 g/mol. The van der Waals surface area contributed by atoms with Crippen molar-refractivity contribution in [3.8, 4) is 0 Å². The minimum atomic E-state index is -0.404. The maximum Gasteiger partial charge on any atom is 0.410 e. The van der Waals surface area contributed by atoms with E-state index in [1.54, 1.807) is 0 Å². The van der Waals surface area contributed by atoms with Crippen LogP contribution in [0.15, 0.2) is 0 Å². The van der Waals surface area contributed by atoms with Gasteiger partial charge in [0.25, 0.3) is 0 Å². The summed E-state index contributed by atoms with van der Waals surface area (Å²) in [5, 5.41) is 7.37. The molecule has 0 aliphatic carbocycles. The third-order valence-electron chi connectivity index (χ3n) is 5.38. The SMILES string of the molecule is CC(C)(C)OC(=O)N1C2CCC1CC(NC1CCCNCC1)C2. The van der Waals surface area contributed by atoms with E-state index in [1.807, 2.05) is 25.7 Å². The van der Waals surface area contributed by atoms with Crippen LogP contribution in [0.5, 0.6) is 0 Å². The molecular formula is C18H33N3O2. The zero-order valence-corrected chi connectivity index (χ0v) is 14.9. The molecule has 3 fully saturated rings. The molecule has 3 unspecified atom stereocenters. The Hall–Kier alpha value is -0.810. The molecule has 3 heterocycles. The Morgan fingerprint density at radius 1 is 1.04 bits per heavy atom. The molecule has 5 nitrogen and oxygen atoms in total. The summed E-state index contributed by atoms with van der Waals surface area (Å²) in [6.45, 7) is 8.12. The van der Waals surface area contributed by atoms with Gasteiger partial charge in [0.2, 0.25) is 0 Å². The van der Waals surface area contributed by atoms with E-state index in [0.29, 0.717) is 24.2 Å². The first-order valence-corrected chi connectivity index (χ1v) is 9.40. The zero-order chi connectivity index (χ0) is 16.4. The summed E-state index contributed by atoms with van der Waals surface area (Å²) in [4.78, 5) is 14.5. The lowest BCUT2D eigenvalue weighted by Gasteiger charge is -2.40. The quantitative estimate of drug-likeness (QED) is 0.820. The number of ether oxygens (including phenoxy) is 1. The molecule has 0 aromatic rings. The van der Waals surface area contributed by atoms with E-state index < -0.39 is 5.60 Å². The lowest BCUT2D eigenvalue weighted by molar-refractivity contribution is 0.00422. The van der Waals surface area contributed by atoms with Crippen molar-refractivity contribution in [2.75, 3.05) is 13.1 Å². The maximum absolute atomic E-state index is 12.5. The molecule has 0 aromatic heterocycles. The van der Waals surface area contributed by atoms with Gasteiger partial charge in [0.1, 0.15) is 5.60 Å². The Balaban J connectivity index is 1.55. The van der Waals surface area contributed by atoms with Gasteiger partial charge in [0, 0.05) is 24.2 Å². The van der Waals surface area contributed by atoms with Crippen LogP contribution >= 0.6 is 0 Å². The van der Waals surface area contributed by atoms with E-state index in [1.165, 1.54) is 19.3 Å². The van der Waals surface area contributed by atoms with E-state index in [0.717, 1.165) is 38.8 Å². The minimum Gasteiger partial charge on any atom is -0.444 e. The van der Waals surface area contributed by atoms with Gasteiger partial charge < -0.3 is 20.3 Å². The molecule has 3 aliphatic heterocycles. The maximum atomic E-state index is 12.5. The monoisotopic (exact) mass is 323 g/mol. The molecule has 0 spiro atoms. The predicted molar refractivity (Wildman–Crippen MR) is 91.5 cm³/mol. The van der Waals surface area contributed by atoms with E-state index in [2.05, 4.69) is 10.6 Å². The molecule has 5 heteroatoms. The van der Waals surface area contributed by atoms with Crippen LogP contribution in [0, 0.1) is 0 Å². The molecule has 0 saturated carbocycles. The number of fused-ring (bicyclic) bond motifs is 2. The van der Waals surface area contributed by atoms with Crippen molar-refractivity contribution in [3.63, 3.8) is 0 Å². The molecule has 0 aromatic carbocycles. The van der Waals surface area contributed by atoms with Crippen LogP contribution in [0.3, 0.4) is 0 Å². The standard InChI is InChI=1S/C18H33N3O2/c1-18(2,3)23-17(22)21-15-6-7-16(21)12-14(11-15)20-13-5-4-9-19-10-8-13/h13-16,19-20H,4-12H2,1-3H3. The van der Waals surface area contributed by atoms with Gasteiger partial charge >= 0.3 is 6.09 Å².